The van der Waals surface area contributed by atoms with Crippen LogP contribution in [0.3, 0.4) is 0 Å². The lowest BCUT2D eigenvalue weighted by Crippen LogP contribution is -1.97. The Kier molecular flexibility index (Phi) is 7.90. The summed E-state index contributed by atoms with van der Waals surface area (Å²) in [6, 6.07) is 10.4. The van der Waals surface area contributed by atoms with E-state index in [0.717, 1.165) is 11.1 Å². The van der Waals surface area contributed by atoms with Crippen molar-refractivity contribution >= 4 is 47.1 Å². The Bertz CT molecular complexity index is 1260. The lowest BCUT2D eigenvalue weighted by Gasteiger charge is -2.03. The Morgan fingerprint density at radius 3 is 2.45 bits per heavy atom. The zero-order valence-corrected chi connectivity index (χ0v) is 20.2. The fourth-order valence-electron chi connectivity index (χ4n) is 3.15. The number of ketones is 1. The van der Waals surface area contributed by atoms with Crippen LogP contribution in [0.5, 0.6) is 0 Å². The summed E-state index contributed by atoms with van der Waals surface area (Å²) in [4.78, 5) is 28.6. The molecule has 170 valence electrons. The minimum atomic E-state index is -0.440. The molecule has 0 saturated carbocycles. The SMILES string of the molecule is COC(=O)C=Cc1ccc(C(=O)C=Cc2nc(-c3ccc(Cl)cc3Cl)oc2C(C)C)cc1C. The molecule has 0 unspecified atom stereocenters. The predicted molar refractivity (Wildman–Crippen MR) is 132 cm³/mol. The maximum Gasteiger partial charge on any atom is 0.330 e. The Morgan fingerprint density at radius 2 is 1.82 bits per heavy atom. The number of halogens is 2. The van der Waals surface area contributed by atoms with Gasteiger partial charge < -0.3 is 9.15 Å². The van der Waals surface area contributed by atoms with Crippen LogP contribution in [0.25, 0.3) is 23.6 Å². The summed E-state index contributed by atoms with van der Waals surface area (Å²) in [5.74, 6) is 0.454. The first kappa shape index (κ1) is 24.5. The molecule has 3 rings (SSSR count). The molecule has 0 aliphatic carbocycles. The first-order valence-corrected chi connectivity index (χ1v) is 11.0. The fraction of sp³-hybridized carbons (Fsp3) is 0.192. The van der Waals surface area contributed by atoms with Crippen LogP contribution in [0.1, 0.15) is 52.7 Å². The van der Waals surface area contributed by atoms with Crippen LogP contribution >= 0.6 is 23.2 Å². The molecule has 0 spiro atoms. The maximum atomic E-state index is 12.8. The number of ether oxygens (including phenoxy) is 1. The highest BCUT2D eigenvalue weighted by atomic mass is 35.5. The molecular weight excluding hydrogens is 461 g/mol. The monoisotopic (exact) mass is 483 g/mol. The van der Waals surface area contributed by atoms with Gasteiger partial charge in [0.2, 0.25) is 5.89 Å². The molecule has 0 radical (unpaired) electrons. The van der Waals surface area contributed by atoms with Gasteiger partial charge in [-0.25, -0.2) is 9.78 Å². The number of allylic oxidation sites excluding steroid dienone is 1. The number of benzene rings is 2. The topological polar surface area (TPSA) is 69.4 Å². The van der Waals surface area contributed by atoms with Crippen molar-refractivity contribution in [1.82, 2.24) is 4.98 Å². The summed E-state index contributed by atoms with van der Waals surface area (Å²) in [5, 5.41) is 0.953. The van der Waals surface area contributed by atoms with Gasteiger partial charge >= 0.3 is 5.97 Å². The number of methoxy groups -OCH3 is 1. The molecule has 0 N–H and O–H groups in total. The highest BCUT2D eigenvalue weighted by molar-refractivity contribution is 6.36. The van der Waals surface area contributed by atoms with Crippen molar-refractivity contribution in [2.45, 2.75) is 26.7 Å². The van der Waals surface area contributed by atoms with Gasteiger partial charge in [0.25, 0.3) is 0 Å². The van der Waals surface area contributed by atoms with E-state index in [1.807, 2.05) is 20.8 Å². The van der Waals surface area contributed by atoms with Crippen molar-refractivity contribution < 1.29 is 18.7 Å². The summed E-state index contributed by atoms with van der Waals surface area (Å²) < 4.78 is 10.6. The van der Waals surface area contributed by atoms with E-state index in [0.29, 0.717) is 38.5 Å². The van der Waals surface area contributed by atoms with E-state index in [4.69, 9.17) is 27.6 Å². The first-order valence-electron chi connectivity index (χ1n) is 10.2. The number of aromatic nitrogens is 1. The van der Waals surface area contributed by atoms with Gasteiger partial charge in [-0.1, -0.05) is 49.2 Å². The molecule has 5 nitrogen and oxygen atoms in total. The summed E-state index contributed by atoms with van der Waals surface area (Å²) in [6.07, 6.45) is 6.11. The second-order valence-electron chi connectivity index (χ2n) is 7.67. The van der Waals surface area contributed by atoms with Crippen LogP contribution in [0.15, 0.2) is 53.0 Å². The quantitative estimate of drug-likeness (QED) is 0.202. The zero-order chi connectivity index (χ0) is 24.1. The average molecular weight is 484 g/mol. The van der Waals surface area contributed by atoms with Crippen molar-refractivity contribution in [1.29, 1.82) is 0 Å². The molecule has 7 heteroatoms. The number of aryl methyl sites for hydroxylation is 1. The lowest BCUT2D eigenvalue weighted by atomic mass is 10.0. The molecule has 1 aromatic heterocycles. The molecule has 33 heavy (non-hydrogen) atoms. The summed E-state index contributed by atoms with van der Waals surface area (Å²) >= 11 is 12.3. The molecule has 1 heterocycles. The van der Waals surface area contributed by atoms with Gasteiger partial charge in [0, 0.05) is 22.6 Å². The van der Waals surface area contributed by atoms with E-state index < -0.39 is 5.97 Å². The van der Waals surface area contributed by atoms with Gasteiger partial charge in [0.1, 0.15) is 11.5 Å². The third-order valence-corrected chi connectivity index (χ3v) is 5.46. The van der Waals surface area contributed by atoms with Crippen molar-refractivity contribution in [3.8, 4) is 11.5 Å². The molecule has 0 bridgehead atoms. The highest BCUT2D eigenvalue weighted by Gasteiger charge is 2.18. The largest absolute Gasteiger partial charge is 0.466 e. The number of hydrogen-bond donors (Lipinski definition) is 0. The Morgan fingerprint density at radius 1 is 1.06 bits per heavy atom. The number of carbonyl (C=O) groups excluding carboxylic acids is 2. The van der Waals surface area contributed by atoms with Crippen LogP contribution in [-0.2, 0) is 9.53 Å². The van der Waals surface area contributed by atoms with Crippen LogP contribution in [0, 0.1) is 6.92 Å². The second-order valence-corrected chi connectivity index (χ2v) is 8.52. The van der Waals surface area contributed by atoms with Crippen molar-refractivity contribution in [2.75, 3.05) is 7.11 Å². The normalized spacial score (nSPS) is 11.6. The number of nitrogens with zero attached hydrogens (tertiary/aromatic N) is 1. The van der Waals surface area contributed by atoms with E-state index in [-0.39, 0.29) is 11.7 Å². The van der Waals surface area contributed by atoms with Crippen molar-refractivity contribution in [3.63, 3.8) is 0 Å². The van der Waals surface area contributed by atoms with Gasteiger partial charge in [-0.3, -0.25) is 4.79 Å². The fourth-order valence-corrected chi connectivity index (χ4v) is 3.64. The maximum absolute atomic E-state index is 12.8. The van der Waals surface area contributed by atoms with Crippen molar-refractivity contribution in [2.24, 2.45) is 0 Å². The number of oxazole rings is 1. The first-order chi connectivity index (χ1) is 15.7. The van der Waals surface area contributed by atoms with Gasteiger partial charge in [0.15, 0.2) is 5.78 Å². The second kappa shape index (κ2) is 10.6. The lowest BCUT2D eigenvalue weighted by molar-refractivity contribution is -0.134. The van der Waals surface area contributed by atoms with Gasteiger partial charge in [-0.15, -0.1) is 0 Å². The molecule has 3 aromatic rings. The summed E-state index contributed by atoms with van der Waals surface area (Å²) in [5.41, 5.74) is 3.39. The molecule has 2 aromatic carbocycles. The summed E-state index contributed by atoms with van der Waals surface area (Å²) in [7, 11) is 1.32. The Labute approximate surface area is 202 Å². The molecule has 0 atom stereocenters. The predicted octanol–water partition coefficient (Wildman–Crippen LogP) is 7.16. The van der Waals surface area contributed by atoms with Crippen molar-refractivity contribution in [3.05, 3.63) is 86.7 Å². The van der Waals surface area contributed by atoms with Crippen LogP contribution < -0.4 is 0 Å². The minimum Gasteiger partial charge on any atom is -0.466 e. The number of hydrogen-bond acceptors (Lipinski definition) is 5. The molecule has 0 saturated heterocycles. The van der Waals surface area contributed by atoms with Gasteiger partial charge in [0.05, 0.1) is 17.7 Å². The van der Waals surface area contributed by atoms with Gasteiger partial charge in [-0.2, -0.15) is 0 Å². The van der Waals surface area contributed by atoms with Crippen LogP contribution in [0.4, 0.5) is 0 Å². The Balaban J connectivity index is 1.86. The van der Waals surface area contributed by atoms with E-state index in [2.05, 4.69) is 9.72 Å². The van der Waals surface area contributed by atoms with Crippen LogP contribution in [-0.4, -0.2) is 23.8 Å². The van der Waals surface area contributed by atoms with E-state index >= 15 is 0 Å². The van der Waals surface area contributed by atoms with E-state index in [1.165, 1.54) is 19.3 Å². The number of esters is 1. The van der Waals surface area contributed by atoms with Crippen LogP contribution in [0.2, 0.25) is 10.0 Å². The zero-order valence-electron chi connectivity index (χ0n) is 18.7. The molecule has 0 amide bonds. The standard InChI is InChI=1S/C26H23Cl2NO4/c1-15(2)25-22(29-26(33-25)20-9-8-19(27)14-21(20)28)10-11-23(30)18-6-5-17(16(3)13-18)7-12-24(31)32-4/h5-15H,1-4H3. The number of rotatable bonds is 7. The smallest absolute Gasteiger partial charge is 0.330 e. The third-order valence-electron chi connectivity index (χ3n) is 4.91. The Hall–Kier alpha value is -3.15. The summed E-state index contributed by atoms with van der Waals surface area (Å²) in [6.45, 7) is 5.84. The number of carbonyl (C=O) groups is 2. The molecule has 0 aliphatic heterocycles. The third kappa shape index (κ3) is 6.01. The molecule has 0 fully saturated rings. The minimum absolute atomic E-state index is 0.0511. The molecule has 0 aliphatic rings. The molecular formula is C26H23Cl2NO4. The highest BCUT2D eigenvalue weighted by Crippen LogP contribution is 2.33. The van der Waals surface area contributed by atoms with E-state index in [9.17, 15) is 9.59 Å². The van der Waals surface area contributed by atoms with Gasteiger partial charge in [-0.05, 0) is 60.5 Å². The van der Waals surface area contributed by atoms with E-state index in [1.54, 1.807) is 48.6 Å². The average Bonchev–Trinajstić information content (AvgIpc) is 3.20.